The average molecular weight is 231 g/mol. The van der Waals surface area contributed by atoms with Gasteiger partial charge in [0.2, 0.25) is 0 Å². The summed E-state index contributed by atoms with van der Waals surface area (Å²) in [6.45, 7) is 5.78. The average Bonchev–Trinajstić information content (AvgIpc) is 2.59. The lowest BCUT2D eigenvalue weighted by molar-refractivity contribution is 0.153. The summed E-state index contributed by atoms with van der Waals surface area (Å²) in [6, 6.07) is 0. The highest BCUT2D eigenvalue weighted by Gasteiger charge is 2.54. The summed E-state index contributed by atoms with van der Waals surface area (Å²) in [4.78, 5) is 0. The van der Waals surface area contributed by atoms with E-state index in [1.807, 2.05) is 0 Å². The van der Waals surface area contributed by atoms with Crippen molar-refractivity contribution in [2.45, 2.75) is 39.5 Å². The molecule has 4 atom stereocenters. The molecule has 1 saturated carbocycles. The van der Waals surface area contributed by atoms with Crippen LogP contribution in [0.3, 0.4) is 0 Å². The van der Waals surface area contributed by atoms with Crippen molar-refractivity contribution in [2.75, 3.05) is 6.54 Å². The first kappa shape index (κ1) is 11.5. The Morgan fingerprint density at radius 1 is 1.35 bits per heavy atom. The first-order valence-corrected chi connectivity index (χ1v) is 7.19. The van der Waals surface area contributed by atoms with Gasteiger partial charge in [-0.2, -0.15) is 0 Å². The van der Waals surface area contributed by atoms with E-state index in [4.69, 9.17) is 5.73 Å². The number of fused-ring (bicyclic) bond motifs is 3. The molecule has 0 spiro atoms. The van der Waals surface area contributed by atoms with Gasteiger partial charge in [-0.25, -0.2) is 0 Å². The molecule has 1 heteroatoms. The fourth-order valence-corrected chi connectivity index (χ4v) is 4.83. The van der Waals surface area contributed by atoms with Gasteiger partial charge in [-0.15, -0.1) is 0 Å². The van der Waals surface area contributed by atoms with E-state index in [-0.39, 0.29) is 0 Å². The molecule has 0 saturated heterocycles. The van der Waals surface area contributed by atoms with Crippen molar-refractivity contribution in [1.82, 2.24) is 0 Å². The zero-order chi connectivity index (χ0) is 12.0. The predicted molar refractivity (Wildman–Crippen MR) is 72.5 cm³/mol. The number of allylic oxidation sites excluding steroid dienone is 3. The first-order valence-electron chi connectivity index (χ1n) is 7.19. The zero-order valence-corrected chi connectivity index (χ0v) is 11.2. The molecule has 0 bridgehead atoms. The van der Waals surface area contributed by atoms with E-state index in [0.717, 1.165) is 30.2 Å². The van der Waals surface area contributed by atoms with Gasteiger partial charge in [0.05, 0.1) is 0 Å². The molecule has 0 aromatic heterocycles. The van der Waals surface area contributed by atoms with Crippen LogP contribution in [0.15, 0.2) is 23.8 Å². The van der Waals surface area contributed by atoms with E-state index in [2.05, 4.69) is 32.1 Å². The largest absolute Gasteiger partial charge is 0.327 e. The molecule has 3 aliphatic rings. The predicted octanol–water partition coefficient (Wildman–Crippen LogP) is 3.52. The summed E-state index contributed by atoms with van der Waals surface area (Å²) in [5.41, 5.74) is 7.85. The third kappa shape index (κ3) is 1.62. The highest BCUT2D eigenvalue weighted by Crippen LogP contribution is 2.61. The summed E-state index contributed by atoms with van der Waals surface area (Å²) in [7, 11) is 0. The summed E-state index contributed by atoms with van der Waals surface area (Å²) in [5, 5.41) is 0. The molecule has 0 aromatic carbocycles. The Labute approximate surface area is 105 Å². The normalized spacial score (nSPS) is 42.9. The van der Waals surface area contributed by atoms with Crippen LogP contribution in [0, 0.1) is 29.1 Å². The van der Waals surface area contributed by atoms with E-state index in [1.165, 1.54) is 31.3 Å². The highest BCUT2D eigenvalue weighted by molar-refractivity contribution is 5.20. The van der Waals surface area contributed by atoms with Crippen LogP contribution >= 0.6 is 0 Å². The quantitative estimate of drug-likeness (QED) is 0.687. The summed E-state index contributed by atoms with van der Waals surface area (Å²) >= 11 is 0. The molecule has 3 rings (SSSR count). The van der Waals surface area contributed by atoms with E-state index in [9.17, 15) is 0 Å². The smallest absolute Gasteiger partial charge is 0.0136 e. The minimum atomic E-state index is 0.509. The Balaban J connectivity index is 1.93. The van der Waals surface area contributed by atoms with Crippen LogP contribution in [-0.2, 0) is 0 Å². The fourth-order valence-electron chi connectivity index (χ4n) is 4.83. The highest BCUT2D eigenvalue weighted by atomic mass is 14.6. The van der Waals surface area contributed by atoms with Gasteiger partial charge in [0, 0.05) is 6.54 Å². The molecular formula is C16H25N. The van der Waals surface area contributed by atoms with Gasteiger partial charge in [0.15, 0.2) is 0 Å². The second-order valence-corrected chi connectivity index (χ2v) is 6.79. The fraction of sp³-hybridized carbons (Fsp3) is 0.750. The molecule has 2 N–H and O–H groups in total. The number of hydrogen-bond acceptors (Lipinski definition) is 1. The number of nitrogens with two attached hydrogens (primary N) is 1. The number of rotatable bonds is 1. The van der Waals surface area contributed by atoms with Gasteiger partial charge >= 0.3 is 0 Å². The van der Waals surface area contributed by atoms with Crippen LogP contribution < -0.4 is 5.73 Å². The minimum Gasteiger partial charge on any atom is -0.327 e. The van der Waals surface area contributed by atoms with Gasteiger partial charge in [-0.05, 0) is 54.8 Å². The molecule has 0 aromatic rings. The van der Waals surface area contributed by atoms with Crippen LogP contribution in [0.5, 0.6) is 0 Å². The SMILES string of the molecule is CC1(C)C2CCC=CC2C2CC=C(CN)CC21. The third-order valence-corrected chi connectivity index (χ3v) is 5.81. The Bertz CT molecular complexity index is 364. The van der Waals surface area contributed by atoms with Gasteiger partial charge < -0.3 is 5.73 Å². The number of hydrogen-bond donors (Lipinski definition) is 1. The molecule has 94 valence electrons. The van der Waals surface area contributed by atoms with Crippen molar-refractivity contribution in [3.8, 4) is 0 Å². The maximum Gasteiger partial charge on any atom is 0.0136 e. The van der Waals surface area contributed by atoms with Crippen molar-refractivity contribution >= 4 is 0 Å². The Kier molecular flexibility index (Phi) is 2.70. The topological polar surface area (TPSA) is 26.0 Å². The molecule has 0 aliphatic heterocycles. The third-order valence-electron chi connectivity index (χ3n) is 5.81. The van der Waals surface area contributed by atoms with Gasteiger partial charge in [-0.3, -0.25) is 0 Å². The second kappa shape index (κ2) is 3.98. The van der Waals surface area contributed by atoms with Crippen LogP contribution in [0.1, 0.15) is 39.5 Å². The zero-order valence-electron chi connectivity index (χ0n) is 11.2. The lowest BCUT2D eigenvalue weighted by atomic mass is 9.68. The van der Waals surface area contributed by atoms with Crippen molar-refractivity contribution in [2.24, 2.45) is 34.8 Å². The molecule has 0 amide bonds. The lowest BCUT2D eigenvalue weighted by Gasteiger charge is -2.37. The Morgan fingerprint density at radius 3 is 2.94 bits per heavy atom. The standard InChI is InChI=1S/C16H25N/c1-16(2)14-6-4-3-5-12(14)13-8-7-11(10-17)9-15(13)16/h3,5,7,12-15H,4,6,8-10,17H2,1-2H3. The summed E-state index contributed by atoms with van der Waals surface area (Å²) in [5.74, 6) is 3.51. The molecule has 4 unspecified atom stereocenters. The van der Waals surface area contributed by atoms with Crippen molar-refractivity contribution < 1.29 is 0 Å². The van der Waals surface area contributed by atoms with Gasteiger partial charge in [-0.1, -0.05) is 37.6 Å². The molecule has 0 radical (unpaired) electrons. The second-order valence-electron chi connectivity index (χ2n) is 6.79. The van der Waals surface area contributed by atoms with E-state index in [0.29, 0.717) is 5.41 Å². The summed E-state index contributed by atoms with van der Waals surface area (Å²) in [6.07, 6.45) is 12.6. The van der Waals surface area contributed by atoms with Gasteiger partial charge in [0.1, 0.15) is 0 Å². The maximum absolute atomic E-state index is 5.84. The van der Waals surface area contributed by atoms with E-state index >= 15 is 0 Å². The van der Waals surface area contributed by atoms with Gasteiger partial charge in [0.25, 0.3) is 0 Å². The lowest BCUT2D eigenvalue weighted by Crippen LogP contribution is -2.29. The monoisotopic (exact) mass is 231 g/mol. The van der Waals surface area contributed by atoms with Crippen LogP contribution in [0.2, 0.25) is 0 Å². The molecule has 17 heavy (non-hydrogen) atoms. The molecule has 1 fully saturated rings. The first-order chi connectivity index (χ1) is 8.14. The summed E-state index contributed by atoms with van der Waals surface area (Å²) < 4.78 is 0. The van der Waals surface area contributed by atoms with E-state index in [1.54, 1.807) is 0 Å². The van der Waals surface area contributed by atoms with Crippen molar-refractivity contribution in [3.63, 3.8) is 0 Å². The van der Waals surface area contributed by atoms with Crippen molar-refractivity contribution in [1.29, 1.82) is 0 Å². The minimum absolute atomic E-state index is 0.509. The maximum atomic E-state index is 5.84. The van der Waals surface area contributed by atoms with E-state index < -0.39 is 0 Å². The van der Waals surface area contributed by atoms with Crippen LogP contribution in [-0.4, -0.2) is 6.54 Å². The van der Waals surface area contributed by atoms with Crippen LogP contribution in [0.4, 0.5) is 0 Å². The van der Waals surface area contributed by atoms with Crippen LogP contribution in [0.25, 0.3) is 0 Å². The Hall–Kier alpha value is -0.560. The molecular weight excluding hydrogens is 206 g/mol. The molecule has 1 nitrogen and oxygen atoms in total. The molecule has 3 aliphatic carbocycles. The molecule has 0 heterocycles. The Morgan fingerprint density at radius 2 is 2.18 bits per heavy atom. The van der Waals surface area contributed by atoms with Crippen molar-refractivity contribution in [3.05, 3.63) is 23.8 Å².